The second-order valence-electron chi connectivity index (χ2n) is 4.22. The van der Waals surface area contributed by atoms with E-state index < -0.39 is 11.6 Å². The van der Waals surface area contributed by atoms with Crippen molar-refractivity contribution in [1.82, 2.24) is 4.74 Å². The average Bonchev–Trinajstić information content (AvgIpc) is 2.55. The van der Waals surface area contributed by atoms with Crippen LogP contribution in [0.4, 0.5) is 0 Å². The molecule has 2 aromatic rings. The van der Waals surface area contributed by atoms with Crippen molar-refractivity contribution in [2.24, 2.45) is 0 Å². The Kier molecular flexibility index (Phi) is 2.75. The highest BCUT2D eigenvalue weighted by molar-refractivity contribution is 5.80. The summed E-state index contributed by atoms with van der Waals surface area (Å²) in [7, 11) is 0. The van der Waals surface area contributed by atoms with Gasteiger partial charge in [-0.1, -0.05) is 6.07 Å². The van der Waals surface area contributed by atoms with Crippen molar-refractivity contribution in [3.8, 4) is 0 Å². The van der Waals surface area contributed by atoms with Crippen LogP contribution in [0.15, 0.2) is 27.5 Å². The van der Waals surface area contributed by atoms with E-state index in [1.165, 1.54) is 4.74 Å². The van der Waals surface area contributed by atoms with Gasteiger partial charge in [-0.25, -0.2) is 9.53 Å². The van der Waals surface area contributed by atoms with Gasteiger partial charge in [0.15, 0.2) is 0 Å². The van der Waals surface area contributed by atoms with Crippen molar-refractivity contribution < 1.29 is 14.4 Å². The summed E-state index contributed by atoms with van der Waals surface area (Å²) in [5.41, 5.74) is 0.902. The van der Waals surface area contributed by atoms with E-state index in [2.05, 4.69) is 0 Å². The third kappa shape index (κ3) is 2.08. The molecule has 0 atom stereocenters. The van der Waals surface area contributed by atoms with E-state index in [4.69, 9.17) is 9.63 Å². The smallest absolute Gasteiger partial charge is 0.365 e. The molecule has 0 bridgehead atoms. The zero-order valence-corrected chi connectivity index (χ0v) is 9.64. The summed E-state index contributed by atoms with van der Waals surface area (Å²) in [5.74, 6) is -0.897. The monoisotopic (exact) mass is 235 g/mol. The molecule has 1 N–H and O–H groups in total. The van der Waals surface area contributed by atoms with Crippen LogP contribution in [0.5, 0.6) is 0 Å². The zero-order chi connectivity index (χ0) is 12.6. The first-order valence-corrected chi connectivity index (χ1v) is 5.35. The van der Waals surface area contributed by atoms with E-state index in [-0.39, 0.29) is 12.5 Å². The number of hydrogen-bond acceptors (Lipinski definition) is 3. The number of nitrogens with zero attached hydrogens (tertiary/aromatic N) is 1. The minimum absolute atomic E-state index is 0.0141. The summed E-state index contributed by atoms with van der Waals surface area (Å²) >= 11 is 0. The molecule has 0 spiro atoms. The molecule has 17 heavy (non-hydrogen) atoms. The van der Waals surface area contributed by atoms with Crippen molar-refractivity contribution in [3.63, 3.8) is 0 Å². The molecule has 1 aromatic heterocycles. The Morgan fingerprint density at radius 2 is 2.18 bits per heavy atom. The van der Waals surface area contributed by atoms with E-state index in [1.807, 2.05) is 13.8 Å². The van der Waals surface area contributed by atoms with Gasteiger partial charge in [0.1, 0.15) is 0 Å². The summed E-state index contributed by atoms with van der Waals surface area (Å²) in [6.45, 7) is 3.79. The van der Waals surface area contributed by atoms with Gasteiger partial charge in [0, 0.05) is 0 Å². The van der Waals surface area contributed by atoms with Crippen LogP contribution in [0.3, 0.4) is 0 Å². The largest absolute Gasteiger partial charge is 0.481 e. The van der Waals surface area contributed by atoms with Gasteiger partial charge < -0.3 is 9.63 Å². The number of hydrogen-bond donors (Lipinski definition) is 1. The lowest BCUT2D eigenvalue weighted by Crippen LogP contribution is -2.01. The normalized spacial score (nSPS) is 11.2. The minimum atomic E-state index is -0.897. The van der Waals surface area contributed by atoms with Gasteiger partial charge in [0.2, 0.25) is 0 Å². The van der Waals surface area contributed by atoms with Gasteiger partial charge in [-0.3, -0.25) is 4.79 Å². The van der Waals surface area contributed by atoms with Crippen molar-refractivity contribution >= 4 is 16.9 Å². The fraction of sp³-hybridized carbons (Fsp3) is 0.333. The predicted octanol–water partition coefficient (Wildman–Crippen LogP) is 1.80. The van der Waals surface area contributed by atoms with E-state index in [9.17, 15) is 9.59 Å². The Bertz CT molecular complexity index is 621. The molecular weight excluding hydrogens is 222 g/mol. The maximum Gasteiger partial charge on any atom is 0.365 e. The summed E-state index contributed by atoms with van der Waals surface area (Å²) in [6.07, 6.45) is -0.0621. The van der Waals surface area contributed by atoms with Crippen LogP contribution in [0.2, 0.25) is 0 Å². The van der Waals surface area contributed by atoms with Crippen LogP contribution in [0.25, 0.3) is 10.9 Å². The lowest BCUT2D eigenvalue weighted by molar-refractivity contribution is -0.136. The highest BCUT2D eigenvalue weighted by Crippen LogP contribution is 2.18. The minimum Gasteiger partial charge on any atom is -0.481 e. The fourth-order valence-electron chi connectivity index (χ4n) is 1.79. The number of rotatable bonds is 3. The fourth-order valence-corrected chi connectivity index (χ4v) is 1.79. The van der Waals surface area contributed by atoms with Gasteiger partial charge in [-0.2, -0.15) is 0 Å². The van der Waals surface area contributed by atoms with Gasteiger partial charge in [0.25, 0.3) is 0 Å². The summed E-state index contributed by atoms with van der Waals surface area (Å²) < 4.78 is 6.60. The molecule has 1 aromatic carbocycles. The zero-order valence-electron chi connectivity index (χ0n) is 9.64. The Balaban J connectivity index is 2.62. The Morgan fingerprint density at radius 3 is 2.76 bits per heavy atom. The summed E-state index contributed by atoms with van der Waals surface area (Å²) in [5, 5.41) is 9.21. The van der Waals surface area contributed by atoms with Crippen molar-refractivity contribution in [1.29, 1.82) is 0 Å². The average molecular weight is 235 g/mol. The number of carboxylic acids is 1. The molecule has 0 radical (unpaired) electrons. The van der Waals surface area contributed by atoms with Crippen molar-refractivity contribution in [2.45, 2.75) is 26.3 Å². The lowest BCUT2D eigenvalue weighted by Gasteiger charge is -2.06. The second kappa shape index (κ2) is 4.08. The molecule has 0 amide bonds. The molecular formula is C12H13NO4. The number of carbonyl (C=O) groups is 1. The molecule has 90 valence electrons. The number of carboxylic acid groups (broad SMARTS) is 1. The van der Waals surface area contributed by atoms with Crippen molar-refractivity contribution in [3.05, 3.63) is 34.2 Å². The number of fused-ring (bicyclic) bond motifs is 1. The van der Waals surface area contributed by atoms with Crippen molar-refractivity contribution in [2.75, 3.05) is 0 Å². The molecule has 0 aliphatic carbocycles. The molecule has 1 heterocycles. The lowest BCUT2D eigenvalue weighted by atomic mass is 10.1. The summed E-state index contributed by atoms with van der Waals surface area (Å²) in [6, 6.07) is 4.95. The summed E-state index contributed by atoms with van der Waals surface area (Å²) in [4.78, 5) is 22.2. The van der Waals surface area contributed by atoms with Gasteiger partial charge in [0.05, 0.1) is 23.4 Å². The van der Waals surface area contributed by atoms with Gasteiger partial charge in [-0.15, -0.1) is 0 Å². The van der Waals surface area contributed by atoms with E-state index in [1.54, 1.807) is 18.2 Å². The molecule has 2 rings (SSSR count). The third-order valence-corrected chi connectivity index (χ3v) is 2.53. The topological polar surface area (TPSA) is 72.4 Å². The van der Waals surface area contributed by atoms with Gasteiger partial charge >= 0.3 is 11.6 Å². The number of aromatic nitrogens is 1. The quantitative estimate of drug-likeness (QED) is 0.880. The highest BCUT2D eigenvalue weighted by Gasteiger charge is 2.12. The molecule has 0 aliphatic heterocycles. The van der Waals surface area contributed by atoms with Crippen LogP contribution in [-0.4, -0.2) is 15.8 Å². The van der Waals surface area contributed by atoms with E-state index in [0.29, 0.717) is 16.5 Å². The maximum absolute atomic E-state index is 11.5. The SMILES string of the molecule is CC(C)n1oc(=O)c2ccc(CC(=O)O)cc21. The van der Waals surface area contributed by atoms with Crippen LogP contribution in [-0.2, 0) is 11.2 Å². The number of benzene rings is 1. The van der Waals surface area contributed by atoms with Crippen LogP contribution in [0.1, 0.15) is 25.5 Å². The maximum atomic E-state index is 11.5. The molecule has 0 fully saturated rings. The van der Waals surface area contributed by atoms with Gasteiger partial charge in [-0.05, 0) is 31.5 Å². The second-order valence-corrected chi connectivity index (χ2v) is 4.22. The molecule has 0 saturated heterocycles. The predicted molar refractivity (Wildman–Crippen MR) is 62.2 cm³/mol. The molecule has 0 unspecified atom stereocenters. The van der Waals surface area contributed by atoms with E-state index >= 15 is 0 Å². The van der Waals surface area contributed by atoms with Crippen LogP contribution < -0.4 is 5.63 Å². The molecule has 5 nitrogen and oxygen atoms in total. The van der Waals surface area contributed by atoms with E-state index in [0.717, 1.165) is 0 Å². The molecule has 0 saturated carbocycles. The first-order valence-electron chi connectivity index (χ1n) is 5.35. The first kappa shape index (κ1) is 11.4. The Labute approximate surface area is 97.2 Å². The molecule has 5 heteroatoms. The Morgan fingerprint density at radius 1 is 1.47 bits per heavy atom. The third-order valence-electron chi connectivity index (χ3n) is 2.53. The molecule has 0 aliphatic rings. The number of aliphatic carboxylic acids is 1. The highest BCUT2D eigenvalue weighted by atomic mass is 16.5. The first-order chi connectivity index (χ1) is 7.99. The Hall–Kier alpha value is -2.04. The standard InChI is InChI=1S/C12H13NO4/c1-7(2)13-10-5-8(6-11(14)15)3-4-9(10)12(16)17-13/h3-5,7H,6H2,1-2H3,(H,14,15). The van der Waals surface area contributed by atoms with Crippen LogP contribution >= 0.6 is 0 Å². The van der Waals surface area contributed by atoms with Crippen LogP contribution in [0, 0.1) is 0 Å².